The van der Waals surface area contributed by atoms with Gasteiger partial charge >= 0.3 is 0 Å². The molecule has 2 aromatic heterocycles. The van der Waals surface area contributed by atoms with Crippen LogP contribution in [-0.4, -0.2) is 62.6 Å². The van der Waals surface area contributed by atoms with Crippen LogP contribution in [0.4, 0.5) is 0 Å². The number of aryl methyl sites for hydroxylation is 1. The zero-order chi connectivity index (χ0) is 23.1. The minimum absolute atomic E-state index is 0.0579. The van der Waals surface area contributed by atoms with Crippen LogP contribution in [0.2, 0.25) is 5.02 Å². The number of nitrogens with zero attached hydrogens (tertiary/aromatic N) is 4. The van der Waals surface area contributed by atoms with Crippen LogP contribution in [0.5, 0.6) is 0 Å². The van der Waals surface area contributed by atoms with E-state index in [9.17, 15) is 14.4 Å². The molecule has 5 rings (SSSR count). The first-order chi connectivity index (χ1) is 15.9. The van der Waals surface area contributed by atoms with E-state index in [-0.39, 0.29) is 17.4 Å². The fourth-order valence-electron chi connectivity index (χ4n) is 4.20. The van der Waals surface area contributed by atoms with Gasteiger partial charge in [0.2, 0.25) is 5.56 Å². The highest BCUT2D eigenvalue weighted by atomic mass is 35.5. The summed E-state index contributed by atoms with van der Waals surface area (Å²) >= 11 is 6.33. The molecule has 1 aliphatic heterocycles. The number of aromatic nitrogens is 3. The Bertz CT molecular complexity index is 1260. The van der Waals surface area contributed by atoms with Crippen molar-refractivity contribution in [3.63, 3.8) is 0 Å². The molecule has 33 heavy (non-hydrogen) atoms. The number of hydrogen-bond acceptors (Lipinski definition) is 4. The number of amides is 2. The Morgan fingerprint density at radius 3 is 2.33 bits per heavy atom. The van der Waals surface area contributed by atoms with Crippen LogP contribution in [-0.2, 0) is 0 Å². The molecule has 170 valence electrons. The number of rotatable bonds is 4. The highest BCUT2D eigenvalue weighted by Gasteiger charge is 2.35. The van der Waals surface area contributed by atoms with Crippen LogP contribution in [0.1, 0.15) is 50.7 Å². The quantitative estimate of drug-likeness (QED) is 0.641. The van der Waals surface area contributed by atoms with Gasteiger partial charge in [0, 0.05) is 49.4 Å². The van der Waals surface area contributed by atoms with Crippen LogP contribution >= 0.6 is 11.6 Å². The predicted octanol–water partition coefficient (Wildman–Crippen LogP) is 3.00. The number of halogens is 1. The lowest BCUT2D eigenvalue weighted by atomic mass is 10.1. The zero-order valence-corrected chi connectivity index (χ0v) is 19.0. The van der Waals surface area contributed by atoms with E-state index >= 15 is 0 Å². The number of piperazine rings is 1. The number of H-pyrrole nitrogens is 1. The Kier molecular flexibility index (Phi) is 5.54. The highest BCUT2D eigenvalue weighted by Crippen LogP contribution is 2.43. The van der Waals surface area contributed by atoms with Crippen molar-refractivity contribution in [3.8, 4) is 5.69 Å². The van der Waals surface area contributed by atoms with Gasteiger partial charge in [-0.15, -0.1) is 0 Å². The summed E-state index contributed by atoms with van der Waals surface area (Å²) in [5.74, 6) is 0.105. The minimum Gasteiger partial charge on any atom is -0.335 e. The van der Waals surface area contributed by atoms with E-state index in [4.69, 9.17) is 11.6 Å². The second-order valence-corrected chi connectivity index (χ2v) is 9.00. The Hall–Kier alpha value is -3.39. The van der Waals surface area contributed by atoms with Crippen molar-refractivity contribution >= 4 is 23.4 Å². The summed E-state index contributed by atoms with van der Waals surface area (Å²) in [5, 5.41) is 5.21. The summed E-state index contributed by atoms with van der Waals surface area (Å²) in [7, 11) is 0. The standard InChI is InChI=1S/C24H24ClN5O3/c1-15-2-6-18(12-20(15)25)30-22(16-3-4-16)19(14-27-30)24(33)29-10-8-28(9-11-29)23(32)17-5-7-21(31)26-13-17/h2,5-7,12-14,16H,3-4,8-11H2,1H3,(H,26,31). The average molecular weight is 466 g/mol. The number of pyridine rings is 1. The molecule has 2 amide bonds. The van der Waals surface area contributed by atoms with Gasteiger partial charge < -0.3 is 14.8 Å². The summed E-state index contributed by atoms with van der Waals surface area (Å²) < 4.78 is 1.84. The molecule has 1 N–H and O–H groups in total. The molecule has 9 heteroatoms. The lowest BCUT2D eigenvalue weighted by molar-refractivity contribution is 0.0534. The molecule has 3 heterocycles. The number of carbonyl (C=O) groups is 2. The van der Waals surface area contributed by atoms with E-state index in [2.05, 4.69) is 10.1 Å². The van der Waals surface area contributed by atoms with Gasteiger partial charge in [0.1, 0.15) is 0 Å². The lowest BCUT2D eigenvalue weighted by Gasteiger charge is -2.34. The molecule has 0 spiro atoms. The molecule has 1 saturated heterocycles. The molecule has 2 aliphatic rings. The largest absolute Gasteiger partial charge is 0.335 e. The Labute approximate surface area is 195 Å². The van der Waals surface area contributed by atoms with Crippen LogP contribution < -0.4 is 5.56 Å². The van der Waals surface area contributed by atoms with Crippen LogP contribution in [0.3, 0.4) is 0 Å². The van der Waals surface area contributed by atoms with Gasteiger partial charge in [0.15, 0.2) is 0 Å². The molecular weight excluding hydrogens is 442 g/mol. The molecule has 1 saturated carbocycles. The molecule has 0 radical (unpaired) electrons. The van der Waals surface area contributed by atoms with E-state index < -0.39 is 0 Å². The number of aromatic amines is 1. The van der Waals surface area contributed by atoms with Gasteiger partial charge in [-0.05, 0) is 43.5 Å². The summed E-state index contributed by atoms with van der Waals surface area (Å²) in [5.41, 5.74) is 3.58. The first-order valence-electron chi connectivity index (χ1n) is 11.0. The predicted molar refractivity (Wildman–Crippen MR) is 124 cm³/mol. The van der Waals surface area contributed by atoms with Crippen molar-refractivity contribution in [2.45, 2.75) is 25.7 Å². The van der Waals surface area contributed by atoms with Gasteiger partial charge in [-0.1, -0.05) is 17.7 Å². The Morgan fingerprint density at radius 2 is 1.73 bits per heavy atom. The second-order valence-electron chi connectivity index (χ2n) is 8.59. The maximum atomic E-state index is 13.4. The first-order valence-corrected chi connectivity index (χ1v) is 11.4. The van der Waals surface area contributed by atoms with Crippen LogP contribution in [0, 0.1) is 6.92 Å². The van der Waals surface area contributed by atoms with E-state index in [1.165, 1.54) is 18.3 Å². The molecule has 3 aromatic rings. The van der Waals surface area contributed by atoms with Crippen molar-refractivity contribution in [2.24, 2.45) is 0 Å². The van der Waals surface area contributed by atoms with Crippen LogP contribution in [0.25, 0.3) is 5.69 Å². The van der Waals surface area contributed by atoms with Crippen LogP contribution in [0.15, 0.2) is 47.5 Å². The smallest absolute Gasteiger partial charge is 0.257 e. The van der Waals surface area contributed by atoms with Gasteiger partial charge in [0.25, 0.3) is 11.8 Å². The normalized spacial score (nSPS) is 16.2. The van der Waals surface area contributed by atoms with Gasteiger partial charge in [-0.2, -0.15) is 5.10 Å². The molecule has 2 fully saturated rings. The van der Waals surface area contributed by atoms with Gasteiger partial charge in [-0.3, -0.25) is 14.4 Å². The third kappa shape index (κ3) is 4.18. The topological polar surface area (TPSA) is 91.3 Å². The first kappa shape index (κ1) is 21.5. The SMILES string of the molecule is Cc1ccc(-n2ncc(C(=O)N3CCN(C(=O)c4ccc(=O)[nH]c4)CC3)c2C2CC2)cc1Cl. The summed E-state index contributed by atoms with van der Waals surface area (Å²) in [6.07, 6.45) is 5.15. The average Bonchev–Trinajstić information content (AvgIpc) is 3.58. The van der Waals surface area contributed by atoms with Crippen molar-refractivity contribution < 1.29 is 9.59 Å². The maximum Gasteiger partial charge on any atom is 0.257 e. The number of hydrogen-bond donors (Lipinski definition) is 1. The van der Waals surface area contributed by atoms with Gasteiger partial charge in [-0.25, -0.2) is 4.68 Å². The molecule has 8 nitrogen and oxygen atoms in total. The number of nitrogens with one attached hydrogen (secondary N) is 1. The fourth-order valence-corrected chi connectivity index (χ4v) is 4.38. The highest BCUT2D eigenvalue weighted by molar-refractivity contribution is 6.31. The molecular formula is C24H24ClN5O3. The molecule has 0 unspecified atom stereocenters. The van der Waals surface area contributed by atoms with E-state index in [1.807, 2.05) is 29.8 Å². The Morgan fingerprint density at radius 1 is 1.03 bits per heavy atom. The third-order valence-electron chi connectivity index (χ3n) is 6.29. The van der Waals surface area contributed by atoms with Gasteiger partial charge in [0.05, 0.1) is 28.7 Å². The fraction of sp³-hybridized carbons (Fsp3) is 0.333. The van der Waals surface area contributed by atoms with Crippen molar-refractivity contribution in [2.75, 3.05) is 26.2 Å². The number of benzene rings is 1. The maximum absolute atomic E-state index is 13.4. The van der Waals surface area contributed by atoms with Crippen molar-refractivity contribution in [1.29, 1.82) is 0 Å². The Balaban J connectivity index is 1.33. The van der Waals surface area contributed by atoms with E-state index in [0.29, 0.717) is 48.2 Å². The second kappa shape index (κ2) is 8.51. The zero-order valence-electron chi connectivity index (χ0n) is 18.3. The summed E-state index contributed by atoms with van der Waals surface area (Å²) in [4.78, 5) is 43.4. The van der Waals surface area contributed by atoms with Crippen molar-refractivity contribution in [1.82, 2.24) is 24.6 Å². The molecule has 0 atom stereocenters. The third-order valence-corrected chi connectivity index (χ3v) is 6.69. The molecule has 0 bridgehead atoms. The van der Waals surface area contributed by atoms with E-state index in [1.54, 1.807) is 16.0 Å². The lowest BCUT2D eigenvalue weighted by Crippen LogP contribution is -2.50. The minimum atomic E-state index is -0.248. The van der Waals surface area contributed by atoms with E-state index in [0.717, 1.165) is 29.8 Å². The number of carbonyl (C=O) groups excluding carboxylic acids is 2. The molecule has 1 aliphatic carbocycles. The molecule has 1 aromatic carbocycles. The monoisotopic (exact) mass is 465 g/mol. The summed E-state index contributed by atoms with van der Waals surface area (Å²) in [6, 6.07) is 8.66. The summed E-state index contributed by atoms with van der Waals surface area (Å²) in [6.45, 7) is 3.71. The van der Waals surface area contributed by atoms with Crippen molar-refractivity contribution in [3.05, 3.63) is 80.5 Å².